The maximum absolute atomic E-state index is 14.7. The Morgan fingerprint density at radius 2 is 1.72 bits per heavy atom. The Balaban J connectivity index is 1.40. The summed E-state index contributed by atoms with van der Waals surface area (Å²) in [5.41, 5.74) is 3.67. The standard InChI is InChI=1S/C26H24FN3O2/c27-23-16-20(10-11-25(23)29-12-14-32-15-13-29)28-26(31)22-18-30(17-19-6-2-1-3-7-19)24-9-5-4-8-21(22)24/h1-11,16,18H,12-15,17H2,(H,28,31). The predicted molar refractivity (Wildman–Crippen MR) is 125 cm³/mol. The van der Waals surface area contributed by atoms with E-state index < -0.39 is 0 Å². The van der Waals surface area contributed by atoms with Crippen LogP contribution in [-0.4, -0.2) is 36.8 Å². The summed E-state index contributed by atoms with van der Waals surface area (Å²) in [7, 11) is 0. The molecule has 1 amide bonds. The van der Waals surface area contributed by atoms with E-state index in [0.29, 0.717) is 49.8 Å². The molecule has 162 valence electrons. The van der Waals surface area contributed by atoms with Gasteiger partial charge in [0.2, 0.25) is 0 Å². The SMILES string of the molecule is O=C(Nc1ccc(N2CCOCC2)c(F)c1)c1cn(Cc2ccccc2)c2ccccc12. The van der Waals surface area contributed by atoms with Crippen molar-refractivity contribution in [3.8, 4) is 0 Å². The molecule has 1 fully saturated rings. The third-order valence-electron chi connectivity index (χ3n) is 5.79. The van der Waals surface area contributed by atoms with Gasteiger partial charge in [0.05, 0.1) is 24.5 Å². The summed E-state index contributed by atoms with van der Waals surface area (Å²) < 4.78 is 22.2. The lowest BCUT2D eigenvalue weighted by Crippen LogP contribution is -2.36. The number of para-hydroxylation sites is 1. The maximum Gasteiger partial charge on any atom is 0.257 e. The van der Waals surface area contributed by atoms with Gasteiger partial charge >= 0.3 is 0 Å². The van der Waals surface area contributed by atoms with Crippen LogP contribution in [0.15, 0.2) is 79.0 Å². The molecule has 0 atom stereocenters. The number of hydrogen-bond acceptors (Lipinski definition) is 3. The highest BCUT2D eigenvalue weighted by atomic mass is 19.1. The van der Waals surface area contributed by atoms with Crippen molar-refractivity contribution >= 4 is 28.2 Å². The van der Waals surface area contributed by atoms with Crippen molar-refractivity contribution < 1.29 is 13.9 Å². The summed E-state index contributed by atoms with van der Waals surface area (Å²) in [6.07, 6.45) is 1.87. The van der Waals surface area contributed by atoms with Crippen molar-refractivity contribution in [3.63, 3.8) is 0 Å². The van der Waals surface area contributed by atoms with Crippen LogP contribution >= 0.6 is 0 Å². The molecule has 0 saturated carbocycles. The van der Waals surface area contributed by atoms with Crippen LogP contribution in [-0.2, 0) is 11.3 Å². The zero-order valence-electron chi connectivity index (χ0n) is 17.6. The second-order valence-electron chi connectivity index (χ2n) is 7.89. The normalized spacial score (nSPS) is 14.0. The molecular formula is C26H24FN3O2. The Labute approximate surface area is 186 Å². The fourth-order valence-electron chi connectivity index (χ4n) is 4.18. The van der Waals surface area contributed by atoms with E-state index >= 15 is 0 Å². The molecule has 2 heterocycles. The van der Waals surface area contributed by atoms with Gasteiger partial charge < -0.3 is 19.5 Å². The first-order valence-corrected chi connectivity index (χ1v) is 10.7. The number of carbonyl (C=O) groups is 1. The Morgan fingerprint density at radius 3 is 2.50 bits per heavy atom. The summed E-state index contributed by atoms with van der Waals surface area (Å²) in [5, 5.41) is 3.73. The minimum absolute atomic E-state index is 0.258. The smallest absolute Gasteiger partial charge is 0.257 e. The molecule has 6 heteroatoms. The van der Waals surface area contributed by atoms with Gasteiger partial charge in [0, 0.05) is 42.4 Å². The molecule has 4 aromatic rings. The molecule has 0 unspecified atom stereocenters. The van der Waals surface area contributed by atoms with Crippen LogP contribution in [0.1, 0.15) is 15.9 Å². The highest BCUT2D eigenvalue weighted by Crippen LogP contribution is 2.26. The van der Waals surface area contributed by atoms with Crippen molar-refractivity contribution in [1.29, 1.82) is 0 Å². The zero-order valence-corrected chi connectivity index (χ0v) is 17.6. The summed E-state index contributed by atoms with van der Waals surface area (Å²) in [6.45, 7) is 3.15. The number of morpholine rings is 1. The van der Waals surface area contributed by atoms with Crippen molar-refractivity contribution in [2.75, 3.05) is 36.5 Å². The van der Waals surface area contributed by atoms with Crippen molar-refractivity contribution in [3.05, 3.63) is 95.9 Å². The van der Waals surface area contributed by atoms with Crippen molar-refractivity contribution in [2.24, 2.45) is 0 Å². The molecule has 1 saturated heterocycles. The summed E-state index contributed by atoms with van der Waals surface area (Å²) in [4.78, 5) is 15.1. The number of fused-ring (bicyclic) bond motifs is 1. The average molecular weight is 429 g/mol. The molecule has 0 aliphatic carbocycles. The Hall–Kier alpha value is -3.64. The molecule has 1 aliphatic heterocycles. The molecule has 5 rings (SSSR count). The fraction of sp³-hybridized carbons (Fsp3) is 0.192. The number of rotatable bonds is 5. The van der Waals surface area contributed by atoms with Gasteiger partial charge in [-0.05, 0) is 29.8 Å². The second-order valence-corrected chi connectivity index (χ2v) is 7.89. The van der Waals surface area contributed by atoms with Gasteiger partial charge in [-0.2, -0.15) is 0 Å². The molecule has 1 N–H and O–H groups in total. The van der Waals surface area contributed by atoms with E-state index in [-0.39, 0.29) is 11.7 Å². The van der Waals surface area contributed by atoms with E-state index in [1.807, 2.05) is 53.6 Å². The Bertz CT molecular complexity index is 1250. The molecule has 3 aromatic carbocycles. The molecule has 1 aromatic heterocycles. The third kappa shape index (κ3) is 4.09. The van der Waals surface area contributed by atoms with Crippen molar-refractivity contribution in [2.45, 2.75) is 6.54 Å². The highest BCUT2D eigenvalue weighted by Gasteiger charge is 2.18. The van der Waals surface area contributed by atoms with Gasteiger partial charge in [-0.15, -0.1) is 0 Å². The lowest BCUT2D eigenvalue weighted by molar-refractivity contribution is 0.102. The van der Waals surface area contributed by atoms with Crippen LogP contribution in [0.25, 0.3) is 10.9 Å². The lowest BCUT2D eigenvalue weighted by atomic mass is 10.1. The number of ether oxygens (including phenoxy) is 1. The van der Waals surface area contributed by atoms with E-state index in [4.69, 9.17) is 4.74 Å². The molecular weight excluding hydrogens is 405 g/mol. The second kappa shape index (κ2) is 8.85. The van der Waals surface area contributed by atoms with E-state index in [1.165, 1.54) is 6.07 Å². The van der Waals surface area contributed by atoms with Crippen LogP contribution in [0.4, 0.5) is 15.8 Å². The molecule has 5 nitrogen and oxygen atoms in total. The first kappa shape index (κ1) is 20.3. The molecule has 1 aliphatic rings. The topological polar surface area (TPSA) is 46.5 Å². The summed E-state index contributed by atoms with van der Waals surface area (Å²) in [6, 6.07) is 22.8. The number of hydrogen-bond donors (Lipinski definition) is 1. The quantitative estimate of drug-likeness (QED) is 0.490. The average Bonchev–Trinajstić information content (AvgIpc) is 3.19. The first-order valence-electron chi connectivity index (χ1n) is 10.7. The number of anilines is 2. The monoisotopic (exact) mass is 429 g/mol. The molecule has 32 heavy (non-hydrogen) atoms. The summed E-state index contributed by atoms with van der Waals surface area (Å²) >= 11 is 0. The highest BCUT2D eigenvalue weighted by molar-refractivity contribution is 6.13. The van der Waals surface area contributed by atoms with Crippen molar-refractivity contribution in [1.82, 2.24) is 4.57 Å². The van der Waals surface area contributed by atoms with Gasteiger partial charge in [-0.1, -0.05) is 48.5 Å². The maximum atomic E-state index is 14.7. The predicted octanol–water partition coefficient (Wildman–Crippen LogP) is 4.92. The number of amides is 1. The van der Waals surface area contributed by atoms with Gasteiger partial charge in [-0.25, -0.2) is 4.39 Å². The Morgan fingerprint density at radius 1 is 0.969 bits per heavy atom. The van der Waals surface area contributed by atoms with Gasteiger partial charge in [0.15, 0.2) is 0 Å². The zero-order chi connectivity index (χ0) is 21.9. The minimum Gasteiger partial charge on any atom is -0.378 e. The first-order chi connectivity index (χ1) is 15.7. The van der Waals surface area contributed by atoms with Gasteiger partial charge in [-0.3, -0.25) is 4.79 Å². The fourth-order valence-corrected chi connectivity index (χ4v) is 4.18. The molecule has 0 radical (unpaired) electrons. The van der Waals surface area contributed by atoms with E-state index in [1.54, 1.807) is 12.1 Å². The number of aromatic nitrogens is 1. The van der Waals surface area contributed by atoms with Crippen LogP contribution in [0.2, 0.25) is 0 Å². The van der Waals surface area contributed by atoms with Crippen LogP contribution in [0.5, 0.6) is 0 Å². The number of nitrogens with zero attached hydrogens (tertiary/aromatic N) is 2. The third-order valence-corrected chi connectivity index (χ3v) is 5.79. The van der Waals surface area contributed by atoms with Crippen LogP contribution in [0.3, 0.4) is 0 Å². The van der Waals surface area contributed by atoms with E-state index in [9.17, 15) is 9.18 Å². The number of benzene rings is 3. The number of halogens is 1. The lowest BCUT2D eigenvalue weighted by Gasteiger charge is -2.29. The van der Waals surface area contributed by atoms with E-state index in [2.05, 4.69) is 22.0 Å². The Kier molecular flexibility index (Phi) is 5.60. The van der Waals surface area contributed by atoms with Gasteiger partial charge in [0.1, 0.15) is 5.82 Å². The number of carbonyl (C=O) groups excluding carboxylic acids is 1. The molecule has 0 bridgehead atoms. The van der Waals surface area contributed by atoms with Crippen LogP contribution in [0, 0.1) is 5.82 Å². The van der Waals surface area contributed by atoms with Gasteiger partial charge in [0.25, 0.3) is 5.91 Å². The van der Waals surface area contributed by atoms with Crippen LogP contribution < -0.4 is 10.2 Å². The minimum atomic E-state index is -0.351. The summed E-state index contributed by atoms with van der Waals surface area (Å²) in [5.74, 6) is -0.609. The largest absolute Gasteiger partial charge is 0.378 e. The number of nitrogens with one attached hydrogen (secondary N) is 1. The van der Waals surface area contributed by atoms with E-state index in [0.717, 1.165) is 16.5 Å². The molecule has 0 spiro atoms.